The highest BCUT2D eigenvalue weighted by atomic mass is 35.5. The molecule has 108 valence electrons. The molecule has 0 spiro atoms. The summed E-state index contributed by atoms with van der Waals surface area (Å²) in [6, 6.07) is 14.6. The van der Waals surface area contributed by atoms with E-state index in [1.807, 2.05) is 0 Å². The molecule has 3 nitrogen and oxygen atoms in total. The second kappa shape index (κ2) is 7.26. The molecule has 2 rings (SSSR count). The van der Waals surface area contributed by atoms with E-state index in [-0.39, 0.29) is 12.2 Å². The number of benzene rings is 2. The molecule has 0 amide bonds. The maximum absolute atomic E-state index is 12.9. The average molecular weight is 313 g/mol. The predicted molar refractivity (Wildman–Crippen MR) is 81.4 cm³/mol. The van der Waals surface area contributed by atoms with Gasteiger partial charge in [-0.3, -0.25) is 0 Å². The van der Waals surface area contributed by atoms with Gasteiger partial charge in [0.05, 0.1) is 5.02 Å². The number of nitriles is 2. The molecule has 0 unspecified atom stereocenters. The zero-order chi connectivity index (χ0) is 15.9. The molecule has 0 saturated carbocycles. The van der Waals surface area contributed by atoms with E-state index in [1.54, 1.807) is 42.5 Å². The summed E-state index contributed by atoms with van der Waals surface area (Å²) in [7, 11) is 0. The second-order valence-electron chi connectivity index (χ2n) is 4.38. The zero-order valence-electron chi connectivity index (χ0n) is 11.4. The molecule has 22 heavy (non-hydrogen) atoms. The third kappa shape index (κ3) is 4.09. The van der Waals surface area contributed by atoms with Gasteiger partial charge in [-0.1, -0.05) is 29.8 Å². The summed E-state index contributed by atoms with van der Waals surface area (Å²) in [4.78, 5) is 0. The molecule has 0 atom stereocenters. The molecule has 2 aromatic carbocycles. The number of nitrogens with zero attached hydrogens (tertiary/aromatic N) is 2. The van der Waals surface area contributed by atoms with Gasteiger partial charge in [-0.05, 0) is 35.9 Å². The van der Waals surface area contributed by atoms with Crippen LogP contribution in [-0.4, -0.2) is 0 Å². The Labute approximate surface area is 132 Å². The Hall–Kier alpha value is -2.82. The molecule has 0 radical (unpaired) electrons. The Balaban J connectivity index is 2.05. The third-order valence-electron chi connectivity index (χ3n) is 2.84. The third-order valence-corrected chi connectivity index (χ3v) is 3.19. The van der Waals surface area contributed by atoms with Gasteiger partial charge < -0.3 is 4.74 Å². The lowest BCUT2D eigenvalue weighted by atomic mass is 10.1. The highest BCUT2D eigenvalue weighted by Gasteiger charge is 2.03. The van der Waals surface area contributed by atoms with Gasteiger partial charge in [-0.2, -0.15) is 10.5 Å². The Morgan fingerprint density at radius 1 is 1.14 bits per heavy atom. The molecule has 2 aromatic rings. The molecule has 0 bridgehead atoms. The van der Waals surface area contributed by atoms with Crippen LogP contribution in [-0.2, 0) is 6.61 Å². The van der Waals surface area contributed by atoms with Crippen LogP contribution >= 0.6 is 11.6 Å². The molecule has 0 aromatic heterocycles. The van der Waals surface area contributed by atoms with Crippen molar-refractivity contribution in [1.82, 2.24) is 0 Å². The van der Waals surface area contributed by atoms with Crippen LogP contribution in [0.2, 0.25) is 5.02 Å². The van der Waals surface area contributed by atoms with Crippen LogP contribution in [0.3, 0.4) is 0 Å². The van der Waals surface area contributed by atoms with Crippen LogP contribution < -0.4 is 4.74 Å². The summed E-state index contributed by atoms with van der Waals surface area (Å²) in [5, 5.41) is 17.7. The first-order valence-electron chi connectivity index (χ1n) is 6.31. The van der Waals surface area contributed by atoms with Crippen LogP contribution in [0.5, 0.6) is 5.75 Å². The lowest BCUT2D eigenvalue weighted by Gasteiger charge is -2.08. The standard InChI is InChI=1S/C17H10ClFN2O/c18-17-8-15(19)4-3-14(17)11-22-16-5-1-12(2-6-16)7-13(9-20)10-21/h1-8H,11H2. The summed E-state index contributed by atoms with van der Waals surface area (Å²) in [5.74, 6) is 0.212. The smallest absolute Gasteiger partial charge is 0.130 e. The number of halogens is 2. The van der Waals surface area contributed by atoms with E-state index in [9.17, 15) is 4.39 Å². The van der Waals surface area contributed by atoms with Gasteiger partial charge in [0.2, 0.25) is 0 Å². The second-order valence-corrected chi connectivity index (χ2v) is 4.78. The topological polar surface area (TPSA) is 56.8 Å². The van der Waals surface area contributed by atoms with E-state index >= 15 is 0 Å². The Morgan fingerprint density at radius 2 is 1.82 bits per heavy atom. The number of ether oxygens (including phenoxy) is 1. The highest BCUT2D eigenvalue weighted by Crippen LogP contribution is 2.20. The summed E-state index contributed by atoms with van der Waals surface area (Å²) in [5.41, 5.74) is 1.44. The van der Waals surface area contributed by atoms with Crippen molar-refractivity contribution in [3.63, 3.8) is 0 Å². The number of rotatable bonds is 4. The van der Waals surface area contributed by atoms with Gasteiger partial charge in [-0.25, -0.2) is 4.39 Å². The molecule has 0 saturated heterocycles. The molecule has 0 fully saturated rings. The van der Waals surface area contributed by atoms with Crippen LogP contribution in [0.1, 0.15) is 11.1 Å². The first-order chi connectivity index (χ1) is 10.6. The summed E-state index contributed by atoms with van der Waals surface area (Å²) >= 11 is 5.92. The summed E-state index contributed by atoms with van der Waals surface area (Å²) < 4.78 is 18.5. The van der Waals surface area contributed by atoms with Crippen molar-refractivity contribution < 1.29 is 9.13 Å². The Bertz CT molecular complexity index is 770. The predicted octanol–water partition coefficient (Wildman–Crippen LogP) is 4.49. The fourth-order valence-corrected chi connectivity index (χ4v) is 1.94. The fraction of sp³-hybridized carbons (Fsp3) is 0.0588. The van der Waals surface area contributed by atoms with Gasteiger partial charge in [0.25, 0.3) is 0 Å². The van der Waals surface area contributed by atoms with Gasteiger partial charge in [-0.15, -0.1) is 0 Å². The largest absolute Gasteiger partial charge is 0.489 e. The minimum Gasteiger partial charge on any atom is -0.489 e. The Kier molecular flexibility index (Phi) is 5.14. The lowest BCUT2D eigenvalue weighted by Crippen LogP contribution is -1.96. The Morgan fingerprint density at radius 3 is 2.41 bits per heavy atom. The van der Waals surface area contributed by atoms with Crippen LogP contribution in [0, 0.1) is 28.5 Å². The first-order valence-corrected chi connectivity index (χ1v) is 6.69. The van der Waals surface area contributed by atoms with Crippen molar-refractivity contribution in [1.29, 1.82) is 10.5 Å². The minimum atomic E-state index is -0.393. The van der Waals surface area contributed by atoms with E-state index in [1.165, 1.54) is 18.2 Å². The van der Waals surface area contributed by atoms with E-state index in [4.69, 9.17) is 26.9 Å². The first kappa shape index (κ1) is 15.6. The monoisotopic (exact) mass is 312 g/mol. The van der Waals surface area contributed by atoms with Crippen molar-refractivity contribution in [2.45, 2.75) is 6.61 Å². The fourth-order valence-electron chi connectivity index (χ4n) is 1.72. The average Bonchev–Trinajstić information content (AvgIpc) is 2.53. The number of hydrogen-bond acceptors (Lipinski definition) is 3. The van der Waals surface area contributed by atoms with Gasteiger partial charge in [0.1, 0.15) is 35.9 Å². The van der Waals surface area contributed by atoms with E-state index in [2.05, 4.69) is 0 Å². The van der Waals surface area contributed by atoms with Crippen LogP contribution in [0.4, 0.5) is 4.39 Å². The summed E-state index contributed by atoms with van der Waals surface area (Å²) in [6.07, 6.45) is 1.49. The molecule has 0 N–H and O–H groups in total. The normalized spacial score (nSPS) is 9.45. The summed E-state index contributed by atoms with van der Waals surface area (Å²) in [6.45, 7) is 0.218. The van der Waals surface area contributed by atoms with Crippen molar-refractivity contribution in [3.05, 3.63) is 70.0 Å². The number of hydrogen-bond donors (Lipinski definition) is 0. The minimum absolute atomic E-state index is 0.0340. The van der Waals surface area contributed by atoms with E-state index in [0.717, 1.165) is 5.56 Å². The van der Waals surface area contributed by atoms with Crippen molar-refractivity contribution in [3.8, 4) is 17.9 Å². The van der Waals surface area contributed by atoms with E-state index in [0.29, 0.717) is 16.3 Å². The maximum Gasteiger partial charge on any atom is 0.130 e. The quantitative estimate of drug-likeness (QED) is 0.782. The SMILES string of the molecule is N#CC(C#N)=Cc1ccc(OCc2ccc(F)cc2Cl)cc1. The zero-order valence-corrected chi connectivity index (χ0v) is 12.1. The molecular weight excluding hydrogens is 303 g/mol. The highest BCUT2D eigenvalue weighted by molar-refractivity contribution is 6.31. The van der Waals surface area contributed by atoms with Crippen LogP contribution in [0.15, 0.2) is 48.0 Å². The molecule has 0 aliphatic heterocycles. The van der Waals surface area contributed by atoms with Crippen molar-refractivity contribution in [2.24, 2.45) is 0 Å². The molecule has 0 aliphatic rings. The molecule has 5 heteroatoms. The van der Waals surface area contributed by atoms with Gasteiger partial charge in [0, 0.05) is 5.56 Å². The maximum atomic E-state index is 12.9. The van der Waals surface area contributed by atoms with Gasteiger partial charge in [0.15, 0.2) is 0 Å². The van der Waals surface area contributed by atoms with E-state index < -0.39 is 5.82 Å². The lowest BCUT2D eigenvalue weighted by molar-refractivity contribution is 0.306. The van der Waals surface area contributed by atoms with Crippen LogP contribution in [0.25, 0.3) is 6.08 Å². The molecule has 0 heterocycles. The molecule has 0 aliphatic carbocycles. The number of allylic oxidation sites excluding steroid dienone is 1. The van der Waals surface area contributed by atoms with Crippen molar-refractivity contribution in [2.75, 3.05) is 0 Å². The van der Waals surface area contributed by atoms with Crippen molar-refractivity contribution >= 4 is 17.7 Å². The van der Waals surface area contributed by atoms with Gasteiger partial charge >= 0.3 is 0 Å². The molecular formula is C17H10ClFN2O.